The monoisotopic (exact) mass is 263 g/mol. The lowest BCUT2D eigenvalue weighted by molar-refractivity contribution is 0.122. The van der Waals surface area contributed by atoms with Crippen LogP contribution in [0.15, 0.2) is 24.3 Å². The lowest BCUT2D eigenvalue weighted by atomic mass is 9.65. The van der Waals surface area contributed by atoms with E-state index in [2.05, 4.69) is 23.5 Å². The predicted octanol–water partition coefficient (Wildman–Crippen LogP) is 2.64. The third kappa shape index (κ3) is 3.71. The molecule has 2 rings (SSSR count). The summed E-state index contributed by atoms with van der Waals surface area (Å²) in [6, 6.07) is 8.38. The Morgan fingerprint density at radius 1 is 1.21 bits per heavy atom. The molecule has 1 aliphatic rings. The van der Waals surface area contributed by atoms with Crippen molar-refractivity contribution in [1.82, 2.24) is 5.32 Å². The Labute approximate surface area is 116 Å². The molecule has 0 aliphatic heterocycles. The molecule has 1 fully saturated rings. The summed E-state index contributed by atoms with van der Waals surface area (Å²) in [6.45, 7) is 2.79. The van der Waals surface area contributed by atoms with E-state index in [9.17, 15) is 0 Å². The molecule has 1 aromatic rings. The zero-order valence-corrected chi connectivity index (χ0v) is 12.1. The molecule has 1 aromatic carbocycles. The molecule has 1 saturated carbocycles. The van der Waals surface area contributed by atoms with Gasteiger partial charge < -0.3 is 14.8 Å². The topological polar surface area (TPSA) is 30.5 Å². The van der Waals surface area contributed by atoms with E-state index in [1.54, 1.807) is 14.2 Å². The van der Waals surface area contributed by atoms with Gasteiger partial charge in [0.25, 0.3) is 0 Å². The fourth-order valence-corrected chi connectivity index (χ4v) is 2.87. The summed E-state index contributed by atoms with van der Waals surface area (Å²) < 4.78 is 10.5. The summed E-state index contributed by atoms with van der Waals surface area (Å²) in [5.74, 6) is 1.02. The molecule has 0 spiro atoms. The van der Waals surface area contributed by atoms with E-state index >= 15 is 0 Å². The summed E-state index contributed by atoms with van der Waals surface area (Å²) in [5, 5.41) is 3.52. The molecule has 0 radical (unpaired) electrons. The van der Waals surface area contributed by atoms with Crippen molar-refractivity contribution in [1.29, 1.82) is 0 Å². The van der Waals surface area contributed by atoms with Crippen molar-refractivity contribution in [3.63, 3.8) is 0 Å². The fraction of sp³-hybridized carbons (Fsp3) is 0.625. The number of methoxy groups -OCH3 is 2. The van der Waals surface area contributed by atoms with Crippen molar-refractivity contribution in [3.8, 4) is 5.75 Å². The summed E-state index contributed by atoms with van der Waals surface area (Å²) in [4.78, 5) is 0. The number of nitrogens with one attached hydrogen (secondary N) is 1. The Kier molecular flexibility index (Phi) is 5.23. The van der Waals surface area contributed by atoms with E-state index in [0.717, 1.165) is 31.9 Å². The molecule has 0 amide bonds. The minimum absolute atomic E-state index is 0.419. The molecule has 19 heavy (non-hydrogen) atoms. The molecule has 0 aromatic heterocycles. The molecule has 0 bridgehead atoms. The Morgan fingerprint density at radius 3 is 2.63 bits per heavy atom. The van der Waals surface area contributed by atoms with Gasteiger partial charge in [0.1, 0.15) is 5.75 Å². The number of rotatable bonds is 8. The van der Waals surface area contributed by atoms with Crippen LogP contribution >= 0.6 is 0 Å². The van der Waals surface area contributed by atoms with Crippen LogP contribution < -0.4 is 10.1 Å². The lowest BCUT2D eigenvalue weighted by Gasteiger charge is -2.42. The van der Waals surface area contributed by atoms with Crippen LogP contribution in [-0.4, -0.2) is 33.9 Å². The maximum Gasteiger partial charge on any atom is 0.122 e. The second-order valence-electron chi connectivity index (χ2n) is 5.51. The molecule has 3 heteroatoms. The molecule has 0 heterocycles. The molecular weight excluding hydrogens is 238 g/mol. The van der Waals surface area contributed by atoms with Crippen molar-refractivity contribution in [2.24, 2.45) is 5.41 Å². The highest BCUT2D eigenvalue weighted by Gasteiger charge is 2.37. The standard InChI is InChI=1S/C16H25NO2/c1-18-11-10-17-13-16(8-5-9-16)12-14-6-3-4-7-15(14)19-2/h3-4,6-7,17H,5,8-13H2,1-2H3. The molecular formula is C16H25NO2. The highest BCUT2D eigenvalue weighted by Crippen LogP contribution is 2.44. The predicted molar refractivity (Wildman–Crippen MR) is 77.7 cm³/mol. The number of hydrogen-bond acceptors (Lipinski definition) is 3. The molecule has 0 atom stereocenters. The number of ether oxygens (including phenoxy) is 2. The summed E-state index contributed by atoms with van der Waals surface area (Å²) in [5.41, 5.74) is 1.75. The Bertz CT molecular complexity index is 388. The Balaban J connectivity index is 1.94. The second-order valence-corrected chi connectivity index (χ2v) is 5.51. The van der Waals surface area contributed by atoms with Crippen molar-refractivity contribution in [2.45, 2.75) is 25.7 Å². The largest absolute Gasteiger partial charge is 0.496 e. The van der Waals surface area contributed by atoms with Crippen molar-refractivity contribution < 1.29 is 9.47 Å². The number of para-hydroxylation sites is 1. The van der Waals surface area contributed by atoms with Gasteiger partial charge in [-0.1, -0.05) is 24.6 Å². The first-order valence-electron chi connectivity index (χ1n) is 7.11. The maximum atomic E-state index is 5.46. The van der Waals surface area contributed by atoms with E-state index in [1.165, 1.54) is 24.8 Å². The smallest absolute Gasteiger partial charge is 0.122 e. The van der Waals surface area contributed by atoms with E-state index in [0.29, 0.717) is 5.41 Å². The van der Waals surface area contributed by atoms with Crippen LogP contribution in [0, 0.1) is 5.41 Å². The quantitative estimate of drug-likeness (QED) is 0.731. The molecule has 0 unspecified atom stereocenters. The van der Waals surface area contributed by atoms with Gasteiger partial charge in [-0.3, -0.25) is 0 Å². The zero-order chi connectivity index (χ0) is 13.6. The summed E-state index contributed by atoms with van der Waals surface area (Å²) in [6.07, 6.45) is 5.08. The minimum Gasteiger partial charge on any atom is -0.496 e. The van der Waals surface area contributed by atoms with E-state index in [-0.39, 0.29) is 0 Å². The summed E-state index contributed by atoms with van der Waals surface area (Å²) in [7, 11) is 3.50. The first kappa shape index (κ1) is 14.4. The second kappa shape index (κ2) is 6.92. The average molecular weight is 263 g/mol. The van der Waals surface area contributed by atoms with Crippen LogP contribution in [0.2, 0.25) is 0 Å². The molecule has 106 valence electrons. The van der Waals surface area contributed by atoms with Crippen LogP contribution in [0.25, 0.3) is 0 Å². The van der Waals surface area contributed by atoms with Crippen LogP contribution in [0.3, 0.4) is 0 Å². The van der Waals surface area contributed by atoms with Gasteiger partial charge in [-0.05, 0) is 36.3 Å². The van der Waals surface area contributed by atoms with Crippen molar-refractivity contribution >= 4 is 0 Å². The minimum atomic E-state index is 0.419. The van der Waals surface area contributed by atoms with E-state index in [1.807, 2.05) is 6.07 Å². The first-order valence-corrected chi connectivity index (χ1v) is 7.11. The van der Waals surface area contributed by atoms with Crippen LogP contribution in [0.4, 0.5) is 0 Å². The SMILES string of the molecule is COCCNCC1(Cc2ccccc2OC)CCC1. The van der Waals surface area contributed by atoms with Crippen molar-refractivity contribution in [3.05, 3.63) is 29.8 Å². The fourth-order valence-electron chi connectivity index (χ4n) is 2.87. The van der Waals surface area contributed by atoms with Gasteiger partial charge in [-0.2, -0.15) is 0 Å². The van der Waals surface area contributed by atoms with Gasteiger partial charge in [0.05, 0.1) is 13.7 Å². The molecule has 1 N–H and O–H groups in total. The average Bonchev–Trinajstić information content (AvgIpc) is 2.41. The molecule has 0 saturated heterocycles. The molecule has 3 nitrogen and oxygen atoms in total. The number of benzene rings is 1. The van der Waals surface area contributed by atoms with E-state index < -0.39 is 0 Å². The first-order chi connectivity index (χ1) is 9.29. The van der Waals surface area contributed by atoms with Gasteiger partial charge >= 0.3 is 0 Å². The zero-order valence-electron chi connectivity index (χ0n) is 12.1. The van der Waals surface area contributed by atoms with Crippen LogP contribution in [0.1, 0.15) is 24.8 Å². The Morgan fingerprint density at radius 2 is 2.00 bits per heavy atom. The van der Waals surface area contributed by atoms with Gasteiger partial charge in [-0.15, -0.1) is 0 Å². The highest BCUT2D eigenvalue weighted by molar-refractivity contribution is 5.34. The van der Waals surface area contributed by atoms with Gasteiger partial charge in [0.2, 0.25) is 0 Å². The van der Waals surface area contributed by atoms with Gasteiger partial charge in [-0.25, -0.2) is 0 Å². The maximum absolute atomic E-state index is 5.46. The normalized spacial score (nSPS) is 16.9. The van der Waals surface area contributed by atoms with Crippen molar-refractivity contribution in [2.75, 3.05) is 33.9 Å². The highest BCUT2D eigenvalue weighted by atomic mass is 16.5. The van der Waals surface area contributed by atoms with Crippen LogP contribution in [0.5, 0.6) is 5.75 Å². The van der Waals surface area contributed by atoms with Gasteiger partial charge in [0, 0.05) is 20.2 Å². The third-order valence-corrected chi connectivity index (χ3v) is 4.16. The summed E-state index contributed by atoms with van der Waals surface area (Å²) >= 11 is 0. The lowest BCUT2D eigenvalue weighted by Crippen LogP contribution is -2.42. The van der Waals surface area contributed by atoms with E-state index in [4.69, 9.17) is 9.47 Å². The van der Waals surface area contributed by atoms with Crippen LogP contribution in [-0.2, 0) is 11.2 Å². The van der Waals surface area contributed by atoms with Gasteiger partial charge in [0.15, 0.2) is 0 Å². The Hall–Kier alpha value is -1.06. The number of hydrogen-bond donors (Lipinski definition) is 1. The molecule has 1 aliphatic carbocycles. The third-order valence-electron chi connectivity index (χ3n) is 4.16.